The van der Waals surface area contributed by atoms with Crippen LogP contribution in [0.2, 0.25) is 0 Å². The molecule has 0 aliphatic carbocycles. The predicted octanol–water partition coefficient (Wildman–Crippen LogP) is 17.2. The van der Waals surface area contributed by atoms with Crippen molar-refractivity contribution in [2.45, 2.75) is 307 Å². The Morgan fingerprint density at radius 3 is 1.29 bits per heavy atom. The summed E-state index contributed by atoms with van der Waals surface area (Å²) in [5.74, 6) is -1.30. The third kappa shape index (κ3) is 47.5. The van der Waals surface area contributed by atoms with Crippen LogP contribution in [0.1, 0.15) is 258 Å². The Labute approximate surface area is 518 Å². The summed E-state index contributed by atoms with van der Waals surface area (Å²) in [6, 6.07) is -1.08. The first-order chi connectivity index (χ1) is 41.7. The first kappa shape index (κ1) is 78.8. The van der Waals surface area contributed by atoms with Gasteiger partial charge in [0.25, 0.3) is 0 Å². The van der Waals surface area contributed by atoms with Crippen LogP contribution < -0.4 is 5.32 Å². The van der Waals surface area contributed by atoms with Crippen molar-refractivity contribution < 1.29 is 49.3 Å². The van der Waals surface area contributed by atoms with Gasteiger partial charge in [0.2, 0.25) is 5.91 Å². The molecule has 0 aromatic rings. The van der Waals surface area contributed by atoms with E-state index in [2.05, 4.69) is 129 Å². The van der Waals surface area contributed by atoms with E-state index in [1.807, 2.05) is 18.2 Å². The van der Waals surface area contributed by atoms with Crippen molar-refractivity contribution in [2.24, 2.45) is 0 Å². The lowest BCUT2D eigenvalue weighted by Gasteiger charge is -2.41. The maximum absolute atomic E-state index is 13.4. The van der Waals surface area contributed by atoms with Crippen LogP contribution in [-0.4, -0.2) is 99.6 Å². The van der Waals surface area contributed by atoms with Gasteiger partial charge in [0.15, 0.2) is 12.4 Å². The van der Waals surface area contributed by atoms with Crippen LogP contribution in [0, 0.1) is 0 Å². The zero-order valence-electron chi connectivity index (χ0n) is 53.7. The van der Waals surface area contributed by atoms with Gasteiger partial charge >= 0.3 is 5.97 Å². The van der Waals surface area contributed by atoms with Crippen molar-refractivity contribution in [3.05, 3.63) is 134 Å². The first-order valence-corrected chi connectivity index (χ1v) is 34.0. The number of unbranched alkanes of at least 4 members (excludes halogenated alkanes) is 23. The van der Waals surface area contributed by atoms with E-state index >= 15 is 0 Å². The minimum Gasteiger partial charge on any atom is -0.454 e. The van der Waals surface area contributed by atoms with E-state index in [9.17, 15) is 35.1 Å². The Hall–Kier alpha value is -4.20. The molecule has 8 unspecified atom stereocenters. The van der Waals surface area contributed by atoms with Gasteiger partial charge in [-0.25, -0.2) is 0 Å². The fraction of sp³-hybridized carbons (Fsp3) is 0.676. The van der Waals surface area contributed by atoms with Crippen LogP contribution in [0.5, 0.6) is 0 Å². The summed E-state index contributed by atoms with van der Waals surface area (Å²) in [6.07, 6.45) is 75.0. The molecule has 0 spiro atoms. The predicted molar refractivity (Wildman–Crippen MR) is 356 cm³/mol. The molecule has 0 aromatic carbocycles. The summed E-state index contributed by atoms with van der Waals surface area (Å²) in [5, 5.41) is 57.0. The van der Waals surface area contributed by atoms with Crippen molar-refractivity contribution in [3.8, 4) is 0 Å². The third-order valence-electron chi connectivity index (χ3n) is 15.0. The summed E-state index contributed by atoms with van der Waals surface area (Å²) in [5.41, 5.74) is 0. The largest absolute Gasteiger partial charge is 0.454 e. The lowest BCUT2D eigenvalue weighted by atomic mass is 9.99. The van der Waals surface area contributed by atoms with Crippen molar-refractivity contribution in [1.29, 1.82) is 0 Å². The fourth-order valence-electron chi connectivity index (χ4n) is 9.71. The number of aliphatic hydroxyl groups excluding tert-OH is 5. The van der Waals surface area contributed by atoms with Crippen LogP contribution in [0.25, 0.3) is 0 Å². The van der Waals surface area contributed by atoms with Gasteiger partial charge in [-0.15, -0.1) is 0 Å². The highest BCUT2D eigenvalue weighted by Gasteiger charge is 2.47. The quantitative estimate of drug-likeness (QED) is 0.0195. The molecule has 1 rings (SSSR count). The molecule has 11 nitrogen and oxygen atoms in total. The molecule has 0 bridgehead atoms. The van der Waals surface area contributed by atoms with E-state index in [1.165, 1.54) is 103 Å². The Bertz CT molecular complexity index is 1890. The lowest BCUT2D eigenvalue weighted by molar-refractivity contribution is -0.305. The highest BCUT2D eigenvalue weighted by molar-refractivity contribution is 5.81. The molecule has 85 heavy (non-hydrogen) atoms. The topological polar surface area (TPSA) is 175 Å². The van der Waals surface area contributed by atoms with Crippen LogP contribution >= 0.6 is 0 Å². The number of aliphatic hydroxyl groups is 5. The minimum atomic E-state index is -1.64. The first-order valence-electron chi connectivity index (χ1n) is 34.0. The van der Waals surface area contributed by atoms with Crippen LogP contribution in [0.15, 0.2) is 134 Å². The van der Waals surface area contributed by atoms with Gasteiger partial charge in [0.05, 0.1) is 25.4 Å². The van der Waals surface area contributed by atoms with Crippen molar-refractivity contribution in [3.63, 3.8) is 0 Å². The monoisotopic (exact) mass is 1190 g/mol. The smallest absolute Gasteiger partial charge is 0.306 e. The lowest BCUT2D eigenvalue weighted by Crippen LogP contribution is -2.61. The van der Waals surface area contributed by atoms with Gasteiger partial charge in [-0.05, 0) is 103 Å². The van der Waals surface area contributed by atoms with E-state index in [4.69, 9.17) is 14.2 Å². The molecule has 1 amide bonds. The summed E-state index contributed by atoms with van der Waals surface area (Å²) in [6.45, 7) is 5.60. The normalized spacial score (nSPS) is 19.3. The summed E-state index contributed by atoms with van der Waals surface area (Å²) < 4.78 is 17.6. The van der Waals surface area contributed by atoms with Gasteiger partial charge in [-0.2, -0.15) is 0 Å². The van der Waals surface area contributed by atoms with Gasteiger partial charge in [0.1, 0.15) is 24.4 Å². The number of esters is 1. The van der Waals surface area contributed by atoms with E-state index in [1.54, 1.807) is 12.2 Å². The van der Waals surface area contributed by atoms with Gasteiger partial charge < -0.3 is 45.1 Å². The second-order valence-corrected chi connectivity index (χ2v) is 22.8. The van der Waals surface area contributed by atoms with Gasteiger partial charge in [-0.1, -0.05) is 276 Å². The summed E-state index contributed by atoms with van der Waals surface area (Å²) >= 11 is 0. The van der Waals surface area contributed by atoms with Crippen molar-refractivity contribution >= 4 is 11.9 Å². The molecule has 1 heterocycles. The van der Waals surface area contributed by atoms with Crippen molar-refractivity contribution in [2.75, 3.05) is 13.2 Å². The molecule has 1 fully saturated rings. The highest BCUT2D eigenvalue weighted by Crippen LogP contribution is 2.26. The molecular formula is C74H123NO10. The second kappa shape index (κ2) is 60.1. The minimum absolute atomic E-state index is 0.0508. The number of rotatable bonds is 56. The van der Waals surface area contributed by atoms with Gasteiger partial charge in [0, 0.05) is 12.8 Å². The van der Waals surface area contributed by atoms with Crippen molar-refractivity contribution in [1.82, 2.24) is 5.32 Å². The zero-order valence-corrected chi connectivity index (χ0v) is 53.7. The molecular weight excluding hydrogens is 1060 g/mol. The SMILES string of the molecule is CC/C=C\C/C=C\C/C=C\C/C=C\C/C=C\C/C=C\CC(O)C(=O)NC(COC1OC(CO)C(O)C(O)C1OC(=O)CCCCCCCCCCC/C=C\C/C=C\C/C=C\C/C=C\CCCCC)C(O)/C=C/CCCCCCCCCCCCC. The summed E-state index contributed by atoms with van der Waals surface area (Å²) in [7, 11) is 0. The molecule has 8 atom stereocenters. The molecule has 0 saturated carbocycles. The number of ether oxygens (including phenoxy) is 3. The summed E-state index contributed by atoms with van der Waals surface area (Å²) in [4.78, 5) is 26.6. The molecule has 0 aromatic heterocycles. The number of nitrogens with one attached hydrogen (secondary N) is 1. The average Bonchev–Trinajstić information content (AvgIpc) is 3.21. The van der Waals surface area contributed by atoms with Crippen LogP contribution in [0.3, 0.4) is 0 Å². The molecule has 1 aliphatic heterocycles. The number of carbonyl (C=O) groups is 2. The van der Waals surface area contributed by atoms with E-state index in [0.29, 0.717) is 12.8 Å². The molecule has 1 aliphatic rings. The number of amides is 1. The molecule has 0 radical (unpaired) electrons. The number of hydrogen-bond donors (Lipinski definition) is 6. The fourth-order valence-corrected chi connectivity index (χ4v) is 9.71. The van der Waals surface area contributed by atoms with E-state index in [-0.39, 0.29) is 19.4 Å². The Kier molecular flexibility index (Phi) is 55.7. The Morgan fingerprint density at radius 2 is 0.847 bits per heavy atom. The number of carbonyl (C=O) groups excluding carboxylic acids is 2. The maximum atomic E-state index is 13.4. The molecule has 1 saturated heterocycles. The van der Waals surface area contributed by atoms with Crippen LogP contribution in [-0.2, 0) is 23.8 Å². The van der Waals surface area contributed by atoms with E-state index < -0.39 is 67.4 Å². The Morgan fingerprint density at radius 1 is 0.471 bits per heavy atom. The van der Waals surface area contributed by atoms with Crippen LogP contribution in [0.4, 0.5) is 0 Å². The van der Waals surface area contributed by atoms with E-state index in [0.717, 1.165) is 109 Å². The molecule has 11 heteroatoms. The maximum Gasteiger partial charge on any atom is 0.306 e. The average molecular weight is 1190 g/mol. The third-order valence-corrected chi connectivity index (χ3v) is 15.0. The van der Waals surface area contributed by atoms with Gasteiger partial charge in [-0.3, -0.25) is 9.59 Å². The number of allylic oxidation sites excluding steroid dienone is 20. The number of hydrogen-bond acceptors (Lipinski definition) is 10. The Balaban J connectivity index is 2.67. The molecule has 6 N–H and O–H groups in total. The highest BCUT2D eigenvalue weighted by atomic mass is 16.7. The second-order valence-electron chi connectivity index (χ2n) is 22.8. The standard InChI is InChI=1S/C74H123NO10/c1-4-7-10-13-16-19-22-25-27-29-31-32-33-34-35-36-37-39-41-44-47-50-53-56-59-62-69(79)85-72-71(81)70(80)68(63-76)84-74(72)83-64-65(66(77)60-57-54-51-48-45-42-24-21-18-15-12-9-6-3)75-73(82)67(78)61-58-55-52-49-46-43-40-38-30-28-26-23-20-17-14-11-8-5-2/h8,11,16-17,19-20,25-28,31-32,34-35,38,40,46,49,55,57-58,60,65-68,70-72,74,76-78,80-81H,4-7,9-10,12-15,18,21-24,29-30,33,36-37,39,41-45,47-48,50-54,56,59,61-64H2,1-3H3,(H,75,82)/b11-8-,19-16-,20-17-,27-25-,28-26-,32-31-,35-34-,40-38-,49-46-,58-55-,60-57+. The zero-order chi connectivity index (χ0) is 61.7. The molecule has 484 valence electrons.